The van der Waals surface area contributed by atoms with Crippen LogP contribution in [0.1, 0.15) is 54.0 Å². The summed E-state index contributed by atoms with van der Waals surface area (Å²) in [5, 5.41) is 1.25. The van der Waals surface area contributed by atoms with Crippen molar-refractivity contribution in [1.82, 2.24) is 9.47 Å². The first-order chi connectivity index (χ1) is 17.1. The highest BCUT2D eigenvalue weighted by molar-refractivity contribution is 5.96. The first-order valence-corrected chi connectivity index (χ1v) is 12.7. The van der Waals surface area contributed by atoms with E-state index in [1.807, 2.05) is 18.3 Å². The summed E-state index contributed by atoms with van der Waals surface area (Å²) >= 11 is 0. The number of amides is 2. The van der Waals surface area contributed by atoms with Gasteiger partial charge in [-0.1, -0.05) is 0 Å². The molecule has 7 heteroatoms. The molecule has 1 aromatic heterocycles. The molecule has 0 spiro atoms. The van der Waals surface area contributed by atoms with Gasteiger partial charge in [-0.05, 0) is 91.1 Å². The summed E-state index contributed by atoms with van der Waals surface area (Å²) < 4.78 is 21.9. The van der Waals surface area contributed by atoms with Crippen LogP contribution in [0.2, 0.25) is 0 Å². The summed E-state index contributed by atoms with van der Waals surface area (Å²) in [7, 11) is 0. The van der Waals surface area contributed by atoms with Gasteiger partial charge >= 0.3 is 6.03 Å². The number of nitrogens with two attached hydrogens (primary N) is 1. The second kappa shape index (κ2) is 9.11. The molecule has 1 unspecified atom stereocenters. The molecular formula is C28H31FN4O2. The maximum Gasteiger partial charge on any atom is 0.314 e. The van der Waals surface area contributed by atoms with Gasteiger partial charge in [0, 0.05) is 55.2 Å². The molecule has 2 saturated heterocycles. The topological polar surface area (TPSA) is 72.8 Å². The van der Waals surface area contributed by atoms with E-state index in [9.17, 15) is 9.18 Å². The highest BCUT2D eigenvalue weighted by atomic mass is 19.1. The number of benzene rings is 2. The van der Waals surface area contributed by atoms with E-state index in [0.29, 0.717) is 24.9 Å². The molecule has 3 aliphatic rings. The van der Waals surface area contributed by atoms with Crippen molar-refractivity contribution >= 4 is 23.1 Å². The van der Waals surface area contributed by atoms with Gasteiger partial charge in [0.15, 0.2) is 0 Å². The fraction of sp³-hybridized carbons (Fsp3) is 0.429. The fourth-order valence-electron chi connectivity index (χ4n) is 6.18. The van der Waals surface area contributed by atoms with Crippen LogP contribution in [0, 0.1) is 11.7 Å². The molecule has 1 atom stereocenters. The number of rotatable bonds is 4. The zero-order valence-electron chi connectivity index (χ0n) is 19.9. The second-order valence-electron chi connectivity index (χ2n) is 10.1. The molecular weight excluding hydrogens is 443 g/mol. The molecule has 6 nitrogen and oxygen atoms in total. The third kappa shape index (κ3) is 4.12. The van der Waals surface area contributed by atoms with Crippen molar-refractivity contribution in [1.29, 1.82) is 0 Å². The molecule has 2 amide bonds. The molecule has 6 rings (SSSR count). The van der Waals surface area contributed by atoms with Crippen molar-refractivity contribution in [3.05, 3.63) is 64.6 Å². The van der Waals surface area contributed by atoms with Crippen molar-refractivity contribution in [2.24, 2.45) is 16.6 Å². The minimum atomic E-state index is -0.330. The third-order valence-corrected chi connectivity index (χ3v) is 7.88. The standard InChI is InChI=1S/C28H31FN4O2/c29-22-3-5-23(6-4-22)33-26-14-21-16-31-15-20(21)13-24(26)25(27(33)19-7-10-35-11-8-19)12-18-2-1-9-32(17-18)28(30)34/h3-6,13-14,16,18-19H,1-2,7-12,15,17H2,(H2,30,34). The van der Waals surface area contributed by atoms with E-state index in [-0.39, 0.29) is 11.8 Å². The quantitative estimate of drug-likeness (QED) is 0.582. The van der Waals surface area contributed by atoms with Crippen LogP contribution in [-0.2, 0) is 17.7 Å². The number of halogens is 1. The van der Waals surface area contributed by atoms with E-state index in [4.69, 9.17) is 10.5 Å². The van der Waals surface area contributed by atoms with E-state index in [1.54, 1.807) is 4.90 Å². The maximum atomic E-state index is 13.9. The summed E-state index contributed by atoms with van der Waals surface area (Å²) in [6.45, 7) is 3.63. The zero-order chi connectivity index (χ0) is 23.9. The molecule has 35 heavy (non-hydrogen) atoms. The molecule has 2 N–H and O–H groups in total. The van der Waals surface area contributed by atoms with Gasteiger partial charge in [-0.15, -0.1) is 0 Å². The summed E-state index contributed by atoms with van der Waals surface area (Å²) in [6.07, 6.45) is 6.82. The van der Waals surface area contributed by atoms with E-state index >= 15 is 0 Å². The fourth-order valence-corrected chi connectivity index (χ4v) is 6.18. The second-order valence-corrected chi connectivity index (χ2v) is 10.1. The molecule has 0 radical (unpaired) electrons. The number of nitrogens with zero attached hydrogens (tertiary/aromatic N) is 3. The normalized spacial score (nSPS) is 20.5. The van der Waals surface area contributed by atoms with E-state index < -0.39 is 0 Å². The smallest absolute Gasteiger partial charge is 0.314 e. The van der Waals surface area contributed by atoms with Gasteiger partial charge in [0.1, 0.15) is 5.82 Å². The van der Waals surface area contributed by atoms with Crippen LogP contribution in [0.4, 0.5) is 9.18 Å². The Morgan fingerprint density at radius 2 is 1.94 bits per heavy atom. The number of carbonyl (C=O) groups excluding carboxylic acids is 1. The van der Waals surface area contributed by atoms with Gasteiger partial charge < -0.3 is 19.9 Å². The predicted molar refractivity (Wildman–Crippen MR) is 135 cm³/mol. The van der Waals surface area contributed by atoms with Crippen LogP contribution in [0.3, 0.4) is 0 Å². The lowest BCUT2D eigenvalue weighted by Crippen LogP contribution is -2.43. The molecule has 0 bridgehead atoms. The summed E-state index contributed by atoms with van der Waals surface area (Å²) in [5.41, 5.74) is 12.8. The molecule has 4 heterocycles. The number of primary amides is 1. The molecule has 0 aliphatic carbocycles. The summed E-state index contributed by atoms with van der Waals surface area (Å²) in [4.78, 5) is 18.2. The number of likely N-dealkylation sites (tertiary alicyclic amines) is 1. The largest absolute Gasteiger partial charge is 0.381 e. The van der Waals surface area contributed by atoms with E-state index in [1.165, 1.54) is 34.3 Å². The van der Waals surface area contributed by atoms with Gasteiger partial charge in [0.05, 0.1) is 12.1 Å². The Kier molecular flexibility index (Phi) is 5.80. The number of ether oxygens (including phenoxy) is 1. The van der Waals surface area contributed by atoms with Crippen LogP contribution in [-0.4, -0.2) is 48.0 Å². The maximum absolute atomic E-state index is 13.9. The summed E-state index contributed by atoms with van der Waals surface area (Å²) in [6, 6.07) is 11.0. The number of carbonyl (C=O) groups is 1. The van der Waals surface area contributed by atoms with Crippen LogP contribution >= 0.6 is 0 Å². The first kappa shape index (κ1) is 22.3. The Morgan fingerprint density at radius 3 is 2.71 bits per heavy atom. The molecule has 3 aromatic rings. The zero-order valence-corrected chi connectivity index (χ0v) is 19.9. The van der Waals surface area contributed by atoms with Gasteiger partial charge in [-0.2, -0.15) is 0 Å². The lowest BCUT2D eigenvalue weighted by molar-refractivity contribution is 0.0840. The number of piperidine rings is 1. The lowest BCUT2D eigenvalue weighted by atomic mass is 9.85. The predicted octanol–water partition coefficient (Wildman–Crippen LogP) is 4.93. The van der Waals surface area contributed by atoms with Crippen molar-refractivity contribution in [3.8, 4) is 5.69 Å². The minimum absolute atomic E-state index is 0.236. The lowest BCUT2D eigenvalue weighted by Gasteiger charge is -2.32. The molecule has 3 aliphatic heterocycles. The number of aromatic nitrogens is 1. The van der Waals surface area contributed by atoms with Crippen molar-refractivity contribution < 1.29 is 13.9 Å². The van der Waals surface area contributed by atoms with E-state index in [0.717, 1.165) is 68.6 Å². The third-order valence-electron chi connectivity index (χ3n) is 7.88. The number of hydrogen-bond acceptors (Lipinski definition) is 3. The molecule has 2 fully saturated rings. The highest BCUT2D eigenvalue weighted by Crippen LogP contribution is 2.41. The van der Waals surface area contributed by atoms with Crippen LogP contribution in [0.5, 0.6) is 0 Å². The summed E-state index contributed by atoms with van der Waals surface area (Å²) in [5.74, 6) is 0.474. The first-order valence-electron chi connectivity index (χ1n) is 12.7. The SMILES string of the molecule is NC(=O)N1CCCC(Cc2c(C3CCOCC3)n(-c3ccc(F)cc3)c3cc4c(cc23)CN=C4)C1. The van der Waals surface area contributed by atoms with Crippen LogP contribution < -0.4 is 5.73 Å². The number of urea groups is 1. The highest BCUT2D eigenvalue weighted by Gasteiger charge is 2.31. The Morgan fingerprint density at radius 1 is 1.14 bits per heavy atom. The Labute approximate surface area is 204 Å². The number of hydrogen-bond donors (Lipinski definition) is 1. The van der Waals surface area contributed by atoms with Crippen LogP contribution in [0.15, 0.2) is 41.4 Å². The van der Waals surface area contributed by atoms with Crippen molar-refractivity contribution in [2.45, 2.75) is 44.6 Å². The number of fused-ring (bicyclic) bond motifs is 2. The molecule has 182 valence electrons. The van der Waals surface area contributed by atoms with E-state index in [2.05, 4.69) is 21.7 Å². The number of aliphatic imine (C=N–C) groups is 1. The Hall–Kier alpha value is -3.19. The Bertz CT molecular complexity index is 1290. The molecule has 0 saturated carbocycles. The monoisotopic (exact) mass is 474 g/mol. The average Bonchev–Trinajstić information content (AvgIpc) is 3.46. The average molecular weight is 475 g/mol. The van der Waals surface area contributed by atoms with Crippen molar-refractivity contribution in [2.75, 3.05) is 26.3 Å². The Balaban J connectivity index is 1.54. The van der Waals surface area contributed by atoms with Crippen molar-refractivity contribution in [3.63, 3.8) is 0 Å². The van der Waals surface area contributed by atoms with Crippen LogP contribution in [0.25, 0.3) is 16.6 Å². The van der Waals surface area contributed by atoms with Gasteiger partial charge in [-0.25, -0.2) is 9.18 Å². The minimum Gasteiger partial charge on any atom is -0.381 e. The van der Waals surface area contributed by atoms with Gasteiger partial charge in [-0.3, -0.25) is 4.99 Å². The molecule has 2 aromatic carbocycles. The van der Waals surface area contributed by atoms with Gasteiger partial charge in [0.25, 0.3) is 0 Å². The van der Waals surface area contributed by atoms with Gasteiger partial charge in [0.2, 0.25) is 0 Å².